The molecule has 86 valence electrons. The summed E-state index contributed by atoms with van der Waals surface area (Å²) in [7, 11) is 0. The quantitative estimate of drug-likeness (QED) is 0.607. The van der Waals surface area contributed by atoms with Crippen LogP contribution in [-0.2, 0) is 4.79 Å². The van der Waals surface area contributed by atoms with Crippen LogP contribution in [0, 0.1) is 0 Å². The number of alkyl halides is 3. The number of allylic oxidation sites excluding steroid dienone is 1. The molecule has 0 atom stereocenters. The van der Waals surface area contributed by atoms with Gasteiger partial charge in [-0.3, -0.25) is 4.79 Å². The lowest BCUT2D eigenvalue weighted by Gasteiger charge is -2.10. The predicted octanol–water partition coefficient (Wildman–Crippen LogP) is 3.45. The molecule has 0 aliphatic rings. The highest BCUT2D eigenvalue weighted by Crippen LogP contribution is 2.30. The van der Waals surface area contributed by atoms with Crippen LogP contribution in [-0.4, -0.2) is 12.6 Å². The van der Waals surface area contributed by atoms with Crippen LogP contribution in [0.4, 0.5) is 13.2 Å². The molecular weight excluding hydrogens is 245 g/mol. The number of hydrogen-bond acceptors (Lipinski definition) is 2. The maximum atomic E-state index is 11.9. The fourth-order valence-corrected chi connectivity index (χ4v) is 1.21. The van der Waals surface area contributed by atoms with Gasteiger partial charge in [-0.2, -0.15) is 0 Å². The molecule has 0 bridgehead atoms. The molecule has 2 nitrogen and oxygen atoms in total. The fourth-order valence-electron chi connectivity index (χ4n) is 0.979. The molecule has 1 aromatic rings. The summed E-state index contributed by atoms with van der Waals surface area (Å²) in [4.78, 5) is 10.0. The second-order valence-corrected chi connectivity index (χ2v) is 3.14. The minimum atomic E-state index is -4.77. The second-order valence-electron chi connectivity index (χ2n) is 2.73. The summed E-state index contributed by atoms with van der Waals surface area (Å²) in [6.07, 6.45) is -1.61. The summed E-state index contributed by atoms with van der Waals surface area (Å²) >= 11 is 5.57. The maximum Gasteiger partial charge on any atom is 0.573 e. The van der Waals surface area contributed by atoms with Gasteiger partial charge in [0.15, 0.2) is 0 Å². The molecule has 0 N–H and O–H groups in total. The number of carbonyl (C=O) groups is 1. The largest absolute Gasteiger partial charge is 0.573 e. The second kappa shape index (κ2) is 5.03. The first-order valence-corrected chi connectivity index (χ1v) is 4.47. The number of carbonyl (C=O) groups excluding carboxylic acids is 1. The van der Waals surface area contributed by atoms with Gasteiger partial charge in [-0.15, -0.1) is 13.2 Å². The Kier molecular flexibility index (Phi) is 3.95. The third-order valence-electron chi connectivity index (χ3n) is 1.55. The number of hydrogen-bond donors (Lipinski definition) is 0. The van der Waals surface area contributed by atoms with Gasteiger partial charge in [0.1, 0.15) is 12.0 Å². The molecule has 0 saturated heterocycles. The summed E-state index contributed by atoms with van der Waals surface area (Å²) in [5.41, 5.74) is 0.506. The van der Waals surface area contributed by atoms with E-state index in [9.17, 15) is 18.0 Å². The summed E-state index contributed by atoms with van der Waals surface area (Å²) in [5.74, 6) is -0.475. The lowest BCUT2D eigenvalue weighted by atomic mass is 10.2. The smallest absolute Gasteiger partial charge is 0.404 e. The molecule has 0 fully saturated rings. The van der Waals surface area contributed by atoms with Crippen molar-refractivity contribution in [3.8, 4) is 5.75 Å². The first-order valence-electron chi connectivity index (χ1n) is 4.09. The minimum Gasteiger partial charge on any atom is -0.404 e. The van der Waals surface area contributed by atoms with Crippen molar-refractivity contribution >= 4 is 24.0 Å². The van der Waals surface area contributed by atoms with E-state index in [0.717, 1.165) is 6.07 Å². The predicted molar refractivity (Wildman–Crippen MR) is 53.2 cm³/mol. The summed E-state index contributed by atoms with van der Waals surface area (Å²) in [5, 5.41) is -0.176. The number of aldehydes is 1. The molecule has 0 aromatic heterocycles. The zero-order valence-electron chi connectivity index (χ0n) is 7.79. The van der Waals surface area contributed by atoms with E-state index in [2.05, 4.69) is 4.74 Å². The lowest BCUT2D eigenvalue weighted by molar-refractivity contribution is -0.274. The van der Waals surface area contributed by atoms with Crippen LogP contribution in [0.3, 0.4) is 0 Å². The van der Waals surface area contributed by atoms with Crippen molar-refractivity contribution in [1.29, 1.82) is 0 Å². The first kappa shape index (κ1) is 12.6. The average Bonchev–Trinajstić information content (AvgIpc) is 2.17. The standard InChI is InChI=1S/C10H6ClF3O2/c11-8-6-7(2-1-5-15)3-4-9(8)16-10(12,13)14/h1-6H. The monoisotopic (exact) mass is 250 g/mol. The van der Waals surface area contributed by atoms with E-state index >= 15 is 0 Å². The van der Waals surface area contributed by atoms with E-state index in [-0.39, 0.29) is 5.02 Å². The van der Waals surface area contributed by atoms with Gasteiger partial charge in [0.05, 0.1) is 5.02 Å². The molecule has 1 aromatic carbocycles. The van der Waals surface area contributed by atoms with Crippen molar-refractivity contribution in [3.63, 3.8) is 0 Å². The van der Waals surface area contributed by atoms with Crippen molar-refractivity contribution in [1.82, 2.24) is 0 Å². The van der Waals surface area contributed by atoms with E-state index in [4.69, 9.17) is 11.6 Å². The van der Waals surface area contributed by atoms with Gasteiger partial charge in [-0.05, 0) is 23.8 Å². The Morgan fingerprint density at radius 1 is 1.31 bits per heavy atom. The van der Waals surface area contributed by atoms with E-state index < -0.39 is 12.1 Å². The summed E-state index contributed by atoms with van der Waals surface area (Å²) in [6.45, 7) is 0. The number of benzene rings is 1. The van der Waals surface area contributed by atoms with Crippen LogP contribution in [0.1, 0.15) is 5.56 Å². The van der Waals surface area contributed by atoms with Crippen molar-refractivity contribution < 1.29 is 22.7 Å². The normalized spacial score (nSPS) is 11.8. The third kappa shape index (κ3) is 3.94. The Morgan fingerprint density at radius 2 is 2.00 bits per heavy atom. The zero-order valence-corrected chi connectivity index (χ0v) is 8.55. The molecule has 0 unspecified atom stereocenters. The summed E-state index contributed by atoms with van der Waals surface area (Å²) < 4.78 is 39.3. The van der Waals surface area contributed by atoms with Gasteiger partial charge in [-0.25, -0.2) is 0 Å². The average molecular weight is 251 g/mol. The molecule has 0 aliphatic carbocycles. The highest BCUT2D eigenvalue weighted by Gasteiger charge is 2.31. The van der Waals surface area contributed by atoms with Crippen LogP contribution in [0.15, 0.2) is 24.3 Å². The van der Waals surface area contributed by atoms with Crippen LogP contribution in [0.25, 0.3) is 6.08 Å². The molecule has 1 rings (SSSR count). The number of rotatable bonds is 3. The summed E-state index contributed by atoms with van der Waals surface area (Å²) in [6, 6.07) is 3.70. The Bertz CT molecular complexity index is 413. The zero-order chi connectivity index (χ0) is 12.2. The molecule has 0 amide bonds. The molecule has 0 spiro atoms. The van der Waals surface area contributed by atoms with Crippen LogP contribution in [0.5, 0.6) is 5.75 Å². The van der Waals surface area contributed by atoms with Crippen molar-refractivity contribution in [2.24, 2.45) is 0 Å². The Balaban J connectivity index is 2.91. The molecular formula is C10H6ClF3O2. The van der Waals surface area contributed by atoms with E-state index in [1.54, 1.807) is 0 Å². The van der Waals surface area contributed by atoms with Crippen molar-refractivity contribution in [2.45, 2.75) is 6.36 Å². The van der Waals surface area contributed by atoms with Gasteiger partial charge < -0.3 is 4.74 Å². The number of ether oxygens (including phenoxy) is 1. The van der Waals surface area contributed by atoms with Gasteiger partial charge in [0, 0.05) is 0 Å². The van der Waals surface area contributed by atoms with Crippen molar-refractivity contribution in [3.05, 3.63) is 34.9 Å². The van der Waals surface area contributed by atoms with Crippen molar-refractivity contribution in [2.75, 3.05) is 0 Å². The molecule has 16 heavy (non-hydrogen) atoms. The van der Waals surface area contributed by atoms with E-state index in [0.29, 0.717) is 11.8 Å². The maximum absolute atomic E-state index is 11.9. The molecule has 0 radical (unpaired) electrons. The molecule has 0 aliphatic heterocycles. The highest BCUT2D eigenvalue weighted by molar-refractivity contribution is 6.32. The topological polar surface area (TPSA) is 26.3 Å². The fraction of sp³-hybridized carbons (Fsp3) is 0.100. The van der Waals surface area contributed by atoms with Gasteiger partial charge in [-0.1, -0.05) is 23.7 Å². The van der Waals surface area contributed by atoms with Crippen LogP contribution >= 0.6 is 11.6 Å². The van der Waals surface area contributed by atoms with Crippen LogP contribution < -0.4 is 4.74 Å². The van der Waals surface area contributed by atoms with E-state index in [1.807, 2.05) is 0 Å². The van der Waals surface area contributed by atoms with E-state index in [1.165, 1.54) is 24.3 Å². The Labute approximate surface area is 94.3 Å². The SMILES string of the molecule is O=CC=Cc1ccc(OC(F)(F)F)c(Cl)c1. The lowest BCUT2D eigenvalue weighted by Crippen LogP contribution is -2.17. The molecule has 0 heterocycles. The highest BCUT2D eigenvalue weighted by atomic mass is 35.5. The Morgan fingerprint density at radius 3 is 2.50 bits per heavy atom. The van der Waals surface area contributed by atoms with Crippen LogP contribution in [0.2, 0.25) is 5.02 Å². The molecule has 0 saturated carbocycles. The molecule has 6 heteroatoms. The minimum absolute atomic E-state index is 0.176. The first-order chi connectivity index (χ1) is 7.42. The number of halogens is 4. The van der Waals surface area contributed by atoms with Gasteiger partial charge in [0.25, 0.3) is 0 Å². The van der Waals surface area contributed by atoms with Gasteiger partial charge >= 0.3 is 6.36 Å². The Hall–Kier alpha value is -1.49. The third-order valence-corrected chi connectivity index (χ3v) is 1.84. The van der Waals surface area contributed by atoms with Gasteiger partial charge in [0.2, 0.25) is 0 Å².